The van der Waals surface area contributed by atoms with Crippen molar-refractivity contribution >= 4 is 11.6 Å². The third-order valence-corrected chi connectivity index (χ3v) is 4.66. The molecule has 1 fully saturated rings. The van der Waals surface area contributed by atoms with Crippen LogP contribution in [0, 0.1) is 17.0 Å². The van der Waals surface area contributed by atoms with E-state index >= 15 is 0 Å². The van der Waals surface area contributed by atoms with E-state index in [1.807, 2.05) is 18.2 Å². The first-order valence-electron chi connectivity index (χ1n) is 7.99. The van der Waals surface area contributed by atoms with Crippen molar-refractivity contribution in [1.29, 1.82) is 0 Å². The van der Waals surface area contributed by atoms with E-state index in [1.54, 1.807) is 13.1 Å². The number of benzene rings is 1. The summed E-state index contributed by atoms with van der Waals surface area (Å²) in [5, 5.41) is 14.1. The second-order valence-electron chi connectivity index (χ2n) is 6.26. The maximum Gasteiger partial charge on any atom is 0.276 e. The zero-order chi connectivity index (χ0) is 18.0. The van der Waals surface area contributed by atoms with Crippen molar-refractivity contribution in [3.05, 3.63) is 63.5 Å². The summed E-state index contributed by atoms with van der Waals surface area (Å²) in [5.74, 6) is -0.0335. The van der Waals surface area contributed by atoms with Gasteiger partial charge in [-0.15, -0.1) is 0 Å². The van der Waals surface area contributed by atoms with Crippen molar-refractivity contribution in [3.8, 4) is 5.75 Å². The molecule has 0 unspecified atom stereocenters. The van der Waals surface area contributed by atoms with Gasteiger partial charge in [0.2, 0.25) is 0 Å². The van der Waals surface area contributed by atoms with Crippen molar-refractivity contribution in [1.82, 2.24) is 10.3 Å². The Bertz CT molecular complexity index is 817. The van der Waals surface area contributed by atoms with Crippen molar-refractivity contribution < 1.29 is 14.5 Å². The third kappa shape index (κ3) is 3.31. The lowest BCUT2D eigenvalue weighted by Gasteiger charge is -2.16. The summed E-state index contributed by atoms with van der Waals surface area (Å²) in [6, 6.07) is 8.55. The lowest BCUT2D eigenvalue weighted by molar-refractivity contribution is -0.385. The highest BCUT2D eigenvalue weighted by atomic mass is 16.6. The fourth-order valence-electron chi connectivity index (χ4n) is 2.91. The molecule has 1 aliphatic carbocycles. The quantitative estimate of drug-likeness (QED) is 0.644. The minimum atomic E-state index is -0.509. The Balaban J connectivity index is 1.78. The summed E-state index contributed by atoms with van der Waals surface area (Å²) >= 11 is 0. The fraction of sp³-hybridized carbons (Fsp3) is 0.333. The minimum absolute atomic E-state index is 0.127. The maximum absolute atomic E-state index is 12.5. The molecule has 1 aromatic heterocycles. The Hall–Kier alpha value is -2.96. The molecule has 0 bridgehead atoms. The number of aromatic nitrogens is 1. The average molecular weight is 341 g/mol. The highest BCUT2D eigenvalue weighted by Crippen LogP contribution is 2.46. The number of rotatable bonds is 6. The summed E-state index contributed by atoms with van der Waals surface area (Å²) in [6.07, 6.45) is 3.66. The summed E-state index contributed by atoms with van der Waals surface area (Å²) in [4.78, 5) is 27.6. The molecule has 0 saturated heterocycles. The van der Waals surface area contributed by atoms with Gasteiger partial charge in [0, 0.05) is 35.5 Å². The molecule has 1 saturated carbocycles. The van der Waals surface area contributed by atoms with Gasteiger partial charge in [-0.25, -0.2) is 0 Å². The van der Waals surface area contributed by atoms with Gasteiger partial charge in [-0.2, -0.15) is 0 Å². The number of carbonyl (C=O) groups excluding carboxylic acids is 1. The molecule has 0 spiro atoms. The van der Waals surface area contributed by atoms with E-state index < -0.39 is 4.92 Å². The zero-order valence-corrected chi connectivity index (χ0v) is 14.1. The van der Waals surface area contributed by atoms with Crippen molar-refractivity contribution in [2.45, 2.75) is 25.2 Å². The molecular weight excluding hydrogens is 322 g/mol. The summed E-state index contributed by atoms with van der Waals surface area (Å²) < 4.78 is 5.16. The SMILES string of the molecule is COc1cc(C(=O)NCC2(c3ccccn3)CC2)cc([N+](=O)[O-])c1C. The zero-order valence-electron chi connectivity index (χ0n) is 14.1. The number of methoxy groups -OCH3 is 1. The molecular formula is C18H19N3O4. The lowest BCUT2D eigenvalue weighted by Crippen LogP contribution is -2.32. The topological polar surface area (TPSA) is 94.4 Å². The molecule has 7 nitrogen and oxygen atoms in total. The van der Waals surface area contributed by atoms with Gasteiger partial charge in [-0.3, -0.25) is 19.9 Å². The number of hydrogen-bond acceptors (Lipinski definition) is 5. The smallest absolute Gasteiger partial charge is 0.276 e. The van der Waals surface area contributed by atoms with Gasteiger partial charge < -0.3 is 10.1 Å². The van der Waals surface area contributed by atoms with Gasteiger partial charge >= 0.3 is 0 Å². The second-order valence-corrected chi connectivity index (χ2v) is 6.26. The van der Waals surface area contributed by atoms with Crippen LogP contribution in [0.4, 0.5) is 5.69 Å². The second kappa shape index (κ2) is 6.51. The van der Waals surface area contributed by atoms with Crippen LogP contribution in [0.3, 0.4) is 0 Å². The number of nitro benzene ring substituents is 1. The van der Waals surface area contributed by atoms with Gasteiger partial charge in [0.1, 0.15) is 5.75 Å². The lowest BCUT2D eigenvalue weighted by atomic mass is 10.0. The van der Waals surface area contributed by atoms with Gasteiger partial charge in [-0.1, -0.05) is 6.07 Å². The van der Waals surface area contributed by atoms with Gasteiger partial charge in [0.15, 0.2) is 0 Å². The van der Waals surface area contributed by atoms with Crippen LogP contribution in [0.15, 0.2) is 36.5 Å². The first-order chi connectivity index (χ1) is 12.0. The molecule has 1 heterocycles. The number of pyridine rings is 1. The first-order valence-corrected chi connectivity index (χ1v) is 7.99. The highest BCUT2D eigenvalue weighted by Gasteiger charge is 2.45. The molecule has 1 N–H and O–H groups in total. The van der Waals surface area contributed by atoms with Crippen LogP contribution in [-0.4, -0.2) is 29.5 Å². The largest absolute Gasteiger partial charge is 0.496 e. The summed E-state index contributed by atoms with van der Waals surface area (Å²) in [7, 11) is 1.42. The Morgan fingerprint density at radius 3 is 2.72 bits per heavy atom. The normalized spacial score (nSPS) is 14.6. The van der Waals surface area contributed by atoms with E-state index in [2.05, 4.69) is 10.3 Å². The molecule has 1 aliphatic rings. The minimum Gasteiger partial charge on any atom is -0.496 e. The van der Waals surface area contributed by atoms with Crippen molar-refractivity contribution in [2.75, 3.05) is 13.7 Å². The van der Waals surface area contributed by atoms with E-state index in [0.717, 1.165) is 18.5 Å². The van der Waals surface area contributed by atoms with Gasteiger partial charge in [-0.05, 0) is 38.0 Å². The van der Waals surface area contributed by atoms with Crippen LogP contribution < -0.4 is 10.1 Å². The first kappa shape index (κ1) is 16.9. The van der Waals surface area contributed by atoms with Crippen LogP contribution in [0.5, 0.6) is 5.75 Å². The van der Waals surface area contributed by atoms with Gasteiger partial charge in [0.25, 0.3) is 11.6 Å². The molecule has 25 heavy (non-hydrogen) atoms. The molecule has 130 valence electrons. The van der Waals surface area contributed by atoms with Crippen LogP contribution in [0.25, 0.3) is 0 Å². The Morgan fingerprint density at radius 2 is 2.16 bits per heavy atom. The molecule has 7 heteroatoms. The van der Waals surface area contributed by atoms with Crippen molar-refractivity contribution in [2.24, 2.45) is 0 Å². The monoisotopic (exact) mass is 341 g/mol. The summed E-state index contributed by atoms with van der Waals surface area (Å²) in [5.41, 5.74) is 1.32. The van der Waals surface area contributed by atoms with E-state index in [-0.39, 0.29) is 22.6 Å². The fourth-order valence-corrected chi connectivity index (χ4v) is 2.91. The average Bonchev–Trinajstić information content (AvgIpc) is 3.41. The van der Waals surface area contributed by atoms with E-state index in [1.165, 1.54) is 19.2 Å². The molecule has 1 amide bonds. The Kier molecular flexibility index (Phi) is 4.39. The van der Waals surface area contributed by atoms with Crippen LogP contribution in [0.2, 0.25) is 0 Å². The number of amides is 1. The number of nitrogens with zero attached hydrogens (tertiary/aromatic N) is 2. The Labute approximate surface area is 145 Å². The van der Waals surface area contributed by atoms with Crippen LogP contribution in [-0.2, 0) is 5.41 Å². The Morgan fingerprint density at radius 1 is 1.40 bits per heavy atom. The van der Waals surface area contributed by atoms with Crippen molar-refractivity contribution in [3.63, 3.8) is 0 Å². The molecule has 0 radical (unpaired) electrons. The van der Waals surface area contributed by atoms with E-state index in [0.29, 0.717) is 17.9 Å². The highest BCUT2D eigenvalue weighted by molar-refractivity contribution is 5.95. The third-order valence-electron chi connectivity index (χ3n) is 4.66. The number of ether oxygens (including phenoxy) is 1. The van der Waals surface area contributed by atoms with E-state index in [9.17, 15) is 14.9 Å². The number of carbonyl (C=O) groups is 1. The van der Waals surface area contributed by atoms with Crippen LogP contribution in [0.1, 0.15) is 34.5 Å². The number of nitrogens with one attached hydrogen (secondary N) is 1. The number of nitro groups is 1. The predicted molar refractivity (Wildman–Crippen MR) is 91.9 cm³/mol. The molecule has 0 aliphatic heterocycles. The van der Waals surface area contributed by atoms with E-state index in [4.69, 9.17) is 4.74 Å². The predicted octanol–water partition coefficient (Wildman–Crippen LogP) is 2.77. The van der Waals surface area contributed by atoms with Gasteiger partial charge in [0.05, 0.1) is 17.6 Å². The maximum atomic E-state index is 12.5. The summed E-state index contributed by atoms with van der Waals surface area (Å²) in [6.45, 7) is 2.05. The number of hydrogen-bond donors (Lipinski definition) is 1. The molecule has 0 atom stereocenters. The molecule has 3 rings (SSSR count). The molecule has 2 aromatic rings. The standard InChI is InChI=1S/C18H19N3O4/c1-12-14(21(23)24)9-13(10-15(12)25-2)17(22)20-11-18(6-7-18)16-5-3-4-8-19-16/h3-5,8-10H,6-7,11H2,1-2H3,(H,20,22). The van der Waals surface area contributed by atoms with Crippen LogP contribution >= 0.6 is 0 Å². The molecule has 1 aromatic carbocycles.